The SMILES string of the molecule is C=CCC/C(=C/CSC[C@H](NC(C)=O)C(=O)O)CC/C=C(\C)CCC=C(C)C. The molecule has 0 aliphatic heterocycles. The molecule has 0 radical (unpaired) electrons. The first kappa shape index (κ1) is 26.2. The van der Waals surface area contributed by atoms with E-state index in [1.54, 1.807) is 0 Å². The third kappa shape index (κ3) is 15.3. The fourth-order valence-electron chi connectivity index (χ4n) is 2.59. The average Bonchev–Trinajstić information content (AvgIpc) is 2.60. The Morgan fingerprint density at radius 1 is 1.00 bits per heavy atom. The van der Waals surface area contributed by atoms with Gasteiger partial charge in [0, 0.05) is 18.4 Å². The summed E-state index contributed by atoms with van der Waals surface area (Å²) in [6.07, 6.45) is 14.9. The molecule has 0 aromatic rings. The van der Waals surface area contributed by atoms with Crippen LogP contribution in [-0.2, 0) is 9.59 Å². The minimum absolute atomic E-state index is 0.318. The molecular weight excluding hydrogens is 370 g/mol. The van der Waals surface area contributed by atoms with Crippen LogP contribution in [0.25, 0.3) is 0 Å². The van der Waals surface area contributed by atoms with Crippen LogP contribution in [0.1, 0.15) is 66.2 Å². The lowest BCUT2D eigenvalue weighted by atomic mass is 10.0. The van der Waals surface area contributed by atoms with Crippen LogP contribution in [0.4, 0.5) is 0 Å². The Morgan fingerprint density at radius 2 is 1.64 bits per heavy atom. The van der Waals surface area contributed by atoms with Gasteiger partial charge in [-0.25, -0.2) is 4.79 Å². The van der Waals surface area contributed by atoms with Crippen LogP contribution >= 0.6 is 11.8 Å². The summed E-state index contributed by atoms with van der Waals surface area (Å²) in [6, 6.07) is -0.834. The zero-order valence-corrected chi connectivity index (χ0v) is 18.7. The molecule has 28 heavy (non-hydrogen) atoms. The molecule has 0 saturated carbocycles. The molecule has 158 valence electrons. The van der Waals surface area contributed by atoms with E-state index >= 15 is 0 Å². The van der Waals surface area contributed by atoms with Crippen molar-refractivity contribution in [2.75, 3.05) is 11.5 Å². The number of hydrogen-bond acceptors (Lipinski definition) is 3. The number of amides is 1. The second-order valence-corrected chi connectivity index (χ2v) is 8.30. The summed E-state index contributed by atoms with van der Waals surface area (Å²) in [5.74, 6) is -0.197. The summed E-state index contributed by atoms with van der Waals surface area (Å²) in [7, 11) is 0. The van der Waals surface area contributed by atoms with Gasteiger partial charge in [0.2, 0.25) is 5.91 Å². The molecule has 0 bridgehead atoms. The highest BCUT2D eigenvalue weighted by atomic mass is 32.2. The molecule has 0 fully saturated rings. The first-order valence-corrected chi connectivity index (χ1v) is 11.1. The van der Waals surface area contributed by atoms with Gasteiger partial charge in [0.25, 0.3) is 0 Å². The summed E-state index contributed by atoms with van der Waals surface area (Å²) < 4.78 is 0. The molecule has 4 nitrogen and oxygen atoms in total. The van der Waals surface area contributed by atoms with Crippen LogP contribution < -0.4 is 5.32 Å². The lowest BCUT2D eigenvalue weighted by Crippen LogP contribution is -2.41. The molecule has 0 spiro atoms. The second-order valence-electron chi connectivity index (χ2n) is 7.23. The van der Waals surface area contributed by atoms with E-state index in [-0.39, 0.29) is 5.91 Å². The Morgan fingerprint density at radius 3 is 2.21 bits per heavy atom. The lowest BCUT2D eigenvalue weighted by Gasteiger charge is -2.12. The van der Waals surface area contributed by atoms with Gasteiger partial charge in [-0.3, -0.25) is 4.79 Å². The number of aliphatic carboxylic acids is 1. The Kier molecular flexibility index (Phi) is 15.2. The molecule has 0 aromatic carbocycles. The minimum atomic E-state index is -0.993. The minimum Gasteiger partial charge on any atom is -0.480 e. The highest BCUT2D eigenvalue weighted by molar-refractivity contribution is 7.99. The van der Waals surface area contributed by atoms with Crippen molar-refractivity contribution in [2.24, 2.45) is 0 Å². The monoisotopic (exact) mass is 407 g/mol. The number of carbonyl (C=O) groups is 2. The van der Waals surface area contributed by atoms with E-state index in [0.717, 1.165) is 44.3 Å². The quantitative estimate of drug-likeness (QED) is 0.271. The molecule has 0 rings (SSSR count). The van der Waals surface area contributed by atoms with E-state index in [1.807, 2.05) is 6.08 Å². The van der Waals surface area contributed by atoms with Crippen LogP contribution in [0.15, 0.2) is 47.6 Å². The van der Waals surface area contributed by atoms with E-state index in [9.17, 15) is 9.59 Å². The normalized spacial score (nSPS) is 13.0. The average molecular weight is 408 g/mol. The molecule has 1 amide bonds. The predicted molar refractivity (Wildman–Crippen MR) is 122 cm³/mol. The van der Waals surface area contributed by atoms with Crippen molar-refractivity contribution in [3.63, 3.8) is 0 Å². The molecule has 0 unspecified atom stereocenters. The third-order valence-electron chi connectivity index (χ3n) is 4.17. The predicted octanol–water partition coefficient (Wildman–Crippen LogP) is 5.67. The number of carbonyl (C=O) groups excluding carboxylic acids is 1. The van der Waals surface area contributed by atoms with Crippen molar-refractivity contribution in [2.45, 2.75) is 72.3 Å². The summed E-state index contributed by atoms with van der Waals surface area (Å²) in [4.78, 5) is 22.2. The van der Waals surface area contributed by atoms with Crippen LogP contribution in [-0.4, -0.2) is 34.5 Å². The number of allylic oxidation sites excluding steroid dienone is 6. The molecule has 0 heterocycles. The fraction of sp³-hybridized carbons (Fsp3) is 0.565. The van der Waals surface area contributed by atoms with Gasteiger partial charge in [-0.1, -0.05) is 41.0 Å². The van der Waals surface area contributed by atoms with Gasteiger partial charge in [-0.05, 0) is 59.3 Å². The summed E-state index contributed by atoms with van der Waals surface area (Å²) in [5, 5.41) is 11.6. The zero-order valence-electron chi connectivity index (χ0n) is 17.9. The topological polar surface area (TPSA) is 66.4 Å². The molecule has 1 atom stereocenters. The fourth-order valence-corrected chi connectivity index (χ4v) is 3.55. The number of thioether (sulfide) groups is 1. The second kappa shape index (κ2) is 16.2. The van der Waals surface area contributed by atoms with Gasteiger partial charge < -0.3 is 10.4 Å². The maximum absolute atomic E-state index is 11.2. The Balaban J connectivity index is 4.51. The first-order valence-electron chi connectivity index (χ1n) is 9.91. The molecule has 0 aliphatic rings. The van der Waals surface area contributed by atoms with Gasteiger partial charge in [0.05, 0.1) is 0 Å². The van der Waals surface area contributed by atoms with Crippen molar-refractivity contribution in [1.29, 1.82) is 0 Å². The van der Waals surface area contributed by atoms with Gasteiger partial charge in [0.15, 0.2) is 0 Å². The van der Waals surface area contributed by atoms with Crippen molar-refractivity contribution in [1.82, 2.24) is 5.32 Å². The molecule has 5 heteroatoms. The summed E-state index contributed by atoms with van der Waals surface area (Å²) >= 11 is 1.53. The van der Waals surface area contributed by atoms with Crippen molar-refractivity contribution < 1.29 is 14.7 Å². The smallest absolute Gasteiger partial charge is 0.327 e. The van der Waals surface area contributed by atoms with Crippen LogP contribution in [0.3, 0.4) is 0 Å². The van der Waals surface area contributed by atoms with Gasteiger partial charge in [-0.2, -0.15) is 11.8 Å². The summed E-state index contributed by atoms with van der Waals surface area (Å²) in [5.41, 5.74) is 4.17. The maximum atomic E-state index is 11.2. The summed E-state index contributed by atoms with van der Waals surface area (Å²) in [6.45, 7) is 11.6. The van der Waals surface area contributed by atoms with Crippen LogP contribution in [0.5, 0.6) is 0 Å². The highest BCUT2D eigenvalue weighted by Crippen LogP contribution is 2.17. The van der Waals surface area contributed by atoms with E-state index in [0.29, 0.717) is 5.75 Å². The van der Waals surface area contributed by atoms with Gasteiger partial charge in [-0.15, -0.1) is 6.58 Å². The number of carboxylic acids is 1. The third-order valence-corrected chi connectivity index (χ3v) is 5.14. The van der Waals surface area contributed by atoms with Crippen molar-refractivity contribution in [3.05, 3.63) is 47.6 Å². The largest absolute Gasteiger partial charge is 0.480 e. The first-order chi connectivity index (χ1) is 13.3. The van der Waals surface area contributed by atoms with Crippen LogP contribution in [0, 0.1) is 0 Å². The van der Waals surface area contributed by atoms with Crippen LogP contribution in [0.2, 0.25) is 0 Å². The molecule has 0 aromatic heterocycles. The van der Waals surface area contributed by atoms with E-state index in [2.05, 4.69) is 50.9 Å². The van der Waals surface area contributed by atoms with E-state index in [4.69, 9.17) is 5.11 Å². The van der Waals surface area contributed by atoms with Gasteiger partial charge >= 0.3 is 5.97 Å². The van der Waals surface area contributed by atoms with Crippen molar-refractivity contribution >= 4 is 23.6 Å². The maximum Gasteiger partial charge on any atom is 0.327 e. The Hall–Kier alpha value is -1.75. The molecule has 0 saturated heterocycles. The van der Waals surface area contributed by atoms with Crippen molar-refractivity contribution in [3.8, 4) is 0 Å². The number of nitrogens with one attached hydrogen (secondary N) is 1. The number of hydrogen-bond donors (Lipinski definition) is 2. The van der Waals surface area contributed by atoms with Gasteiger partial charge in [0.1, 0.15) is 6.04 Å². The number of rotatable bonds is 15. The van der Waals surface area contributed by atoms with E-state index < -0.39 is 12.0 Å². The molecular formula is C23H37NO3S. The Labute approximate surface area is 175 Å². The lowest BCUT2D eigenvalue weighted by molar-refractivity contribution is -0.140. The highest BCUT2D eigenvalue weighted by Gasteiger charge is 2.17. The molecule has 2 N–H and O–H groups in total. The standard InChI is InChI=1S/C23H37NO3S/c1-6-7-13-21(14-9-12-19(4)11-8-10-18(2)3)15-16-28-17-22(23(26)27)24-20(5)25/h6,10,12,15,22H,1,7-9,11,13-14,16-17H2,2-5H3,(H,24,25)(H,26,27)/b19-12+,21-15-/t22-/m0/s1. The molecule has 0 aliphatic carbocycles. The zero-order chi connectivity index (χ0) is 21.4. The Bertz CT molecular complexity index is 587. The number of carboxylic acid groups (broad SMARTS) is 1. The van der Waals surface area contributed by atoms with E-state index in [1.165, 1.54) is 35.4 Å².